The van der Waals surface area contributed by atoms with Gasteiger partial charge in [-0.1, -0.05) is 0 Å². The van der Waals surface area contributed by atoms with Crippen LogP contribution in [0.4, 0.5) is 21.7 Å². The summed E-state index contributed by atoms with van der Waals surface area (Å²) in [5, 5.41) is 19.1. The number of amides is 1. The van der Waals surface area contributed by atoms with Gasteiger partial charge >= 0.3 is 0 Å². The quantitative estimate of drug-likeness (QED) is 0.367. The maximum Gasteiger partial charge on any atom is 0.244 e. The Labute approximate surface area is 207 Å². The van der Waals surface area contributed by atoms with Crippen molar-refractivity contribution in [1.82, 2.24) is 24.6 Å². The van der Waals surface area contributed by atoms with E-state index >= 15 is 4.39 Å². The van der Waals surface area contributed by atoms with Crippen molar-refractivity contribution < 1.29 is 14.3 Å². The summed E-state index contributed by atoms with van der Waals surface area (Å²) in [5.74, 6) is 0.483. The van der Waals surface area contributed by atoms with Crippen molar-refractivity contribution in [1.29, 1.82) is 0 Å². The molecule has 4 aromatic rings. The van der Waals surface area contributed by atoms with Gasteiger partial charge in [-0.3, -0.25) is 14.5 Å². The molecular formula is C26H28FN7O2. The zero-order valence-electron chi connectivity index (χ0n) is 20.4. The van der Waals surface area contributed by atoms with E-state index in [9.17, 15) is 9.90 Å². The molecule has 10 heteroatoms. The number of benzene rings is 1. The number of aliphatic hydroxyl groups is 1. The highest BCUT2D eigenvalue weighted by atomic mass is 19.1. The van der Waals surface area contributed by atoms with E-state index in [0.717, 1.165) is 16.6 Å². The zero-order chi connectivity index (χ0) is 25.6. The van der Waals surface area contributed by atoms with E-state index in [1.165, 1.54) is 6.20 Å². The van der Waals surface area contributed by atoms with Crippen molar-refractivity contribution in [2.75, 3.05) is 24.1 Å². The van der Waals surface area contributed by atoms with Crippen LogP contribution in [0.15, 0.2) is 42.9 Å². The molecule has 0 spiro atoms. The Kier molecular flexibility index (Phi) is 5.83. The third-order valence-corrected chi connectivity index (χ3v) is 6.30. The van der Waals surface area contributed by atoms with Crippen molar-refractivity contribution in [2.24, 2.45) is 0 Å². The molecule has 1 aliphatic rings. The Hall–Kier alpha value is -4.05. The van der Waals surface area contributed by atoms with Gasteiger partial charge in [0.15, 0.2) is 11.6 Å². The predicted molar refractivity (Wildman–Crippen MR) is 136 cm³/mol. The summed E-state index contributed by atoms with van der Waals surface area (Å²) >= 11 is 0. The molecule has 4 heterocycles. The Morgan fingerprint density at radius 2 is 2.00 bits per heavy atom. The van der Waals surface area contributed by atoms with E-state index in [-0.39, 0.29) is 24.7 Å². The van der Waals surface area contributed by atoms with E-state index in [2.05, 4.69) is 20.4 Å². The highest BCUT2D eigenvalue weighted by Crippen LogP contribution is 2.35. The van der Waals surface area contributed by atoms with Crippen molar-refractivity contribution in [3.8, 4) is 11.1 Å². The highest BCUT2D eigenvalue weighted by molar-refractivity contribution is 5.98. The molecule has 3 aromatic heterocycles. The smallest absolute Gasteiger partial charge is 0.244 e. The first-order chi connectivity index (χ1) is 17.1. The summed E-state index contributed by atoms with van der Waals surface area (Å²) in [7, 11) is 0. The normalized spacial score (nSPS) is 14.1. The van der Waals surface area contributed by atoms with Gasteiger partial charge in [-0.15, -0.1) is 0 Å². The lowest BCUT2D eigenvalue weighted by Crippen LogP contribution is -2.43. The number of carbonyl (C=O) groups excluding carboxylic acids is 1. The minimum atomic E-state index is -0.960. The first-order valence-corrected chi connectivity index (χ1v) is 11.7. The summed E-state index contributed by atoms with van der Waals surface area (Å²) in [4.78, 5) is 22.9. The van der Waals surface area contributed by atoms with Gasteiger partial charge in [0, 0.05) is 66.4 Å². The van der Waals surface area contributed by atoms with Crippen LogP contribution in [0.5, 0.6) is 0 Å². The van der Waals surface area contributed by atoms with Gasteiger partial charge in [0.1, 0.15) is 12.4 Å². The number of rotatable bonds is 5. The number of halogens is 1. The topological polar surface area (TPSA) is 122 Å². The number of carbonyl (C=O) groups is 1. The van der Waals surface area contributed by atoms with Crippen molar-refractivity contribution in [3.63, 3.8) is 0 Å². The van der Waals surface area contributed by atoms with Crippen LogP contribution >= 0.6 is 0 Å². The number of anilines is 3. The molecule has 1 amide bonds. The van der Waals surface area contributed by atoms with Crippen LogP contribution in [0.25, 0.3) is 21.9 Å². The lowest BCUT2D eigenvalue weighted by molar-refractivity contribution is -0.134. The SMILES string of the molecule is Cc1ccncc1-c1cc2cc(Nc3cc4n(n3)CC(=O)N(CC(C)(C)O)CC4)ncc2c(N)c1F. The van der Waals surface area contributed by atoms with Crippen molar-refractivity contribution in [3.05, 3.63) is 59.9 Å². The van der Waals surface area contributed by atoms with Gasteiger partial charge in [0.2, 0.25) is 5.91 Å². The first-order valence-electron chi connectivity index (χ1n) is 11.7. The molecule has 4 N–H and O–H groups in total. The second-order valence-corrected chi connectivity index (χ2v) is 9.81. The number of pyridine rings is 2. The van der Waals surface area contributed by atoms with Crippen molar-refractivity contribution in [2.45, 2.75) is 39.3 Å². The molecule has 5 rings (SSSR count). The molecule has 0 fully saturated rings. The second-order valence-electron chi connectivity index (χ2n) is 9.81. The maximum absolute atomic E-state index is 15.1. The molecule has 0 radical (unpaired) electrons. The van der Waals surface area contributed by atoms with E-state index in [0.29, 0.717) is 41.1 Å². The summed E-state index contributed by atoms with van der Waals surface area (Å²) in [6.07, 6.45) is 5.44. The lowest BCUT2D eigenvalue weighted by Gasteiger charge is -2.27. The molecule has 36 heavy (non-hydrogen) atoms. The number of aryl methyl sites for hydroxylation is 1. The molecule has 1 aliphatic heterocycles. The fourth-order valence-electron chi connectivity index (χ4n) is 4.53. The molecule has 0 atom stereocenters. The number of hydrogen-bond acceptors (Lipinski definition) is 7. The Morgan fingerprint density at radius 1 is 1.19 bits per heavy atom. The van der Waals surface area contributed by atoms with Gasteiger partial charge < -0.3 is 21.1 Å². The molecule has 0 saturated heterocycles. The number of nitrogens with two attached hydrogens (primary N) is 1. The van der Waals surface area contributed by atoms with Crippen LogP contribution in [-0.4, -0.2) is 54.4 Å². The van der Waals surface area contributed by atoms with Crippen LogP contribution in [0, 0.1) is 12.7 Å². The van der Waals surface area contributed by atoms with Gasteiger partial charge in [0.25, 0.3) is 0 Å². The van der Waals surface area contributed by atoms with Crippen LogP contribution in [0.1, 0.15) is 25.1 Å². The highest BCUT2D eigenvalue weighted by Gasteiger charge is 2.26. The average Bonchev–Trinajstić information content (AvgIpc) is 3.13. The van der Waals surface area contributed by atoms with E-state index in [4.69, 9.17) is 5.73 Å². The third kappa shape index (κ3) is 4.59. The molecule has 1 aromatic carbocycles. The summed E-state index contributed by atoms with van der Waals surface area (Å²) in [6, 6.07) is 7.25. The number of nitrogen functional groups attached to an aromatic ring is 1. The third-order valence-electron chi connectivity index (χ3n) is 6.30. The Morgan fingerprint density at radius 3 is 2.75 bits per heavy atom. The zero-order valence-corrected chi connectivity index (χ0v) is 20.4. The van der Waals surface area contributed by atoms with Crippen LogP contribution in [-0.2, 0) is 17.8 Å². The van der Waals surface area contributed by atoms with Crippen molar-refractivity contribution >= 4 is 34.0 Å². The number of hydrogen-bond donors (Lipinski definition) is 3. The molecule has 0 bridgehead atoms. The number of fused-ring (bicyclic) bond motifs is 2. The second kappa shape index (κ2) is 8.87. The molecule has 186 valence electrons. The molecular weight excluding hydrogens is 461 g/mol. The number of aromatic nitrogens is 4. The standard InChI is InChI=1S/C26H28FN7O2/c1-15-4-6-29-11-19(15)18-8-16-9-21(30-12-20(16)25(28)24(18)27)31-22-10-17-5-7-33(14-26(2,3)36)23(35)13-34(17)32-22/h4,6,8-12,36H,5,7,13-14,28H2,1-3H3,(H,30,31,32). The van der Waals surface area contributed by atoms with E-state index in [1.54, 1.807) is 48.0 Å². The Bertz CT molecular complexity index is 1480. The fraction of sp³-hybridized carbons (Fsp3) is 0.308. The molecule has 0 aliphatic carbocycles. The van der Waals surface area contributed by atoms with Crippen LogP contribution in [0.2, 0.25) is 0 Å². The van der Waals surface area contributed by atoms with Crippen LogP contribution < -0.4 is 11.1 Å². The molecule has 9 nitrogen and oxygen atoms in total. The summed E-state index contributed by atoms with van der Waals surface area (Å²) < 4.78 is 16.8. The fourth-order valence-corrected chi connectivity index (χ4v) is 4.53. The summed E-state index contributed by atoms with van der Waals surface area (Å²) in [6.45, 7) is 6.14. The van der Waals surface area contributed by atoms with E-state index < -0.39 is 11.4 Å². The molecule has 0 unspecified atom stereocenters. The lowest BCUT2D eigenvalue weighted by atomic mass is 9.98. The van der Waals surface area contributed by atoms with E-state index in [1.807, 2.05) is 19.1 Å². The minimum Gasteiger partial charge on any atom is -0.396 e. The Balaban J connectivity index is 1.42. The predicted octanol–water partition coefficient (Wildman–Crippen LogP) is 3.42. The van der Waals surface area contributed by atoms with Gasteiger partial charge in [0.05, 0.1) is 11.3 Å². The minimum absolute atomic E-state index is 0.0348. The number of nitrogens with zero attached hydrogens (tertiary/aromatic N) is 5. The largest absolute Gasteiger partial charge is 0.396 e. The average molecular weight is 490 g/mol. The molecule has 0 saturated carbocycles. The maximum atomic E-state index is 15.1. The monoisotopic (exact) mass is 489 g/mol. The van der Waals surface area contributed by atoms with Gasteiger partial charge in [-0.25, -0.2) is 9.37 Å². The van der Waals surface area contributed by atoms with Crippen LogP contribution in [0.3, 0.4) is 0 Å². The number of β-amino-alcohol motifs (C(OH)–C–C–N with tert-alkyl or cyclic N) is 1. The van der Waals surface area contributed by atoms with Gasteiger partial charge in [-0.05, 0) is 49.9 Å². The number of nitrogens with one attached hydrogen (secondary N) is 1. The summed E-state index contributed by atoms with van der Waals surface area (Å²) in [5.41, 5.74) is 8.06. The first kappa shape index (κ1) is 23.7. The van der Waals surface area contributed by atoms with Gasteiger partial charge in [-0.2, -0.15) is 5.10 Å².